The van der Waals surface area contributed by atoms with E-state index in [1.165, 1.54) is 0 Å². The lowest BCUT2D eigenvalue weighted by atomic mass is 9.85. The third-order valence-corrected chi connectivity index (χ3v) is 3.93. The number of carbonyl (C=O) groups is 1. The van der Waals surface area contributed by atoms with Crippen molar-refractivity contribution in [2.24, 2.45) is 5.92 Å². The summed E-state index contributed by atoms with van der Waals surface area (Å²) in [5.74, 6) is 0.912. The fourth-order valence-corrected chi connectivity index (χ4v) is 2.42. The molecule has 4 nitrogen and oxygen atoms in total. The predicted molar refractivity (Wildman–Crippen MR) is 82.2 cm³/mol. The first kappa shape index (κ1) is 13.6. The number of methoxy groups -OCH3 is 1. The smallest absolute Gasteiger partial charge is 0.227 e. The summed E-state index contributed by atoms with van der Waals surface area (Å²) in [6.45, 7) is 0. The first-order valence-corrected chi connectivity index (χ1v) is 7.17. The number of hydrogen-bond donors (Lipinski definition) is 1. The zero-order chi connectivity index (χ0) is 14.7. The van der Waals surface area contributed by atoms with E-state index in [4.69, 9.17) is 4.74 Å². The summed E-state index contributed by atoms with van der Waals surface area (Å²) >= 11 is 0. The van der Waals surface area contributed by atoms with Crippen molar-refractivity contribution in [3.05, 3.63) is 42.7 Å². The number of rotatable bonds is 4. The van der Waals surface area contributed by atoms with Gasteiger partial charge < -0.3 is 10.1 Å². The molecule has 1 aliphatic rings. The topological polar surface area (TPSA) is 51.2 Å². The van der Waals surface area contributed by atoms with Crippen LogP contribution in [0.25, 0.3) is 11.1 Å². The Morgan fingerprint density at radius 1 is 1.29 bits per heavy atom. The van der Waals surface area contributed by atoms with Gasteiger partial charge in [0.05, 0.1) is 12.8 Å². The average Bonchev–Trinajstić information content (AvgIpc) is 2.46. The van der Waals surface area contributed by atoms with Crippen molar-refractivity contribution in [1.29, 1.82) is 0 Å². The van der Waals surface area contributed by atoms with Crippen LogP contribution in [0.2, 0.25) is 0 Å². The van der Waals surface area contributed by atoms with Crippen LogP contribution < -0.4 is 10.1 Å². The van der Waals surface area contributed by atoms with Gasteiger partial charge in [-0.2, -0.15) is 0 Å². The van der Waals surface area contributed by atoms with Gasteiger partial charge in [-0.3, -0.25) is 9.78 Å². The summed E-state index contributed by atoms with van der Waals surface area (Å²) < 4.78 is 5.34. The Bertz CT molecular complexity index is 636. The van der Waals surface area contributed by atoms with E-state index < -0.39 is 0 Å². The van der Waals surface area contributed by atoms with E-state index in [1.807, 2.05) is 30.3 Å². The van der Waals surface area contributed by atoms with Crippen molar-refractivity contribution < 1.29 is 9.53 Å². The molecule has 21 heavy (non-hydrogen) atoms. The Kier molecular flexibility index (Phi) is 3.86. The molecule has 1 saturated carbocycles. The Morgan fingerprint density at radius 3 is 2.76 bits per heavy atom. The third-order valence-electron chi connectivity index (χ3n) is 3.93. The van der Waals surface area contributed by atoms with Crippen molar-refractivity contribution in [3.8, 4) is 16.9 Å². The fourth-order valence-electron chi connectivity index (χ4n) is 2.42. The first-order chi connectivity index (χ1) is 10.3. The molecular weight excluding hydrogens is 264 g/mol. The fraction of sp³-hybridized carbons (Fsp3) is 0.294. The second-order valence-electron chi connectivity index (χ2n) is 5.27. The van der Waals surface area contributed by atoms with Crippen LogP contribution in [0, 0.1) is 5.92 Å². The molecule has 1 aromatic carbocycles. The van der Waals surface area contributed by atoms with Crippen LogP contribution in [0.15, 0.2) is 42.7 Å². The van der Waals surface area contributed by atoms with Gasteiger partial charge in [0.1, 0.15) is 5.75 Å². The van der Waals surface area contributed by atoms with Crippen LogP contribution in [-0.4, -0.2) is 18.0 Å². The maximum absolute atomic E-state index is 12.1. The van der Waals surface area contributed by atoms with Gasteiger partial charge >= 0.3 is 0 Å². The van der Waals surface area contributed by atoms with E-state index in [-0.39, 0.29) is 11.8 Å². The molecule has 1 aromatic heterocycles. The SMILES string of the molecule is COc1ccc(-c2cccnc2)cc1NC(=O)C1CCC1. The summed E-state index contributed by atoms with van der Waals surface area (Å²) in [5.41, 5.74) is 2.74. The summed E-state index contributed by atoms with van der Waals surface area (Å²) in [6.07, 6.45) is 6.66. The number of aromatic nitrogens is 1. The zero-order valence-corrected chi connectivity index (χ0v) is 12.0. The summed E-state index contributed by atoms with van der Waals surface area (Å²) in [5, 5.41) is 2.99. The van der Waals surface area contributed by atoms with Crippen LogP contribution in [0.3, 0.4) is 0 Å². The minimum Gasteiger partial charge on any atom is -0.495 e. The Labute approximate surface area is 124 Å². The highest BCUT2D eigenvalue weighted by molar-refractivity contribution is 5.95. The van der Waals surface area contributed by atoms with Gasteiger partial charge in [0.2, 0.25) is 5.91 Å². The number of nitrogens with one attached hydrogen (secondary N) is 1. The second-order valence-corrected chi connectivity index (χ2v) is 5.27. The van der Waals surface area contributed by atoms with E-state index >= 15 is 0 Å². The first-order valence-electron chi connectivity index (χ1n) is 7.17. The van der Waals surface area contributed by atoms with E-state index in [0.29, 0.717) is 5.75 Å². The molecule has 0 aliphatic heterocycles. The second kappa shape index (κ2) is 5.95. The molecule has 1 aliphatic carbocycles. The van der Waals surface area contributed by atoms with Crippen molar-refractivity contribution in [2.75, 3.05) is 12.4 Å². The molecule has 1 heterocycles. The molecule has 2 aromatic rings. The minimum absolute atomic E-state index is 0.0860. The zero-order valence-electron chi connectivity index (χ0n) is 12.0. The number of ether oxygens (including phenoxy) is 1. The van der Waals surface area contributed by atoms with Crippen molar-refractivity contribution in [2.45, 2.75) is 19.3 Å². The molecule has 0 unspecified atom stereocenters. The lowest BCUT2D eigenvalue weighted by Gasteiger charge is -2.24. The summed E-state index contributed by atoms with van der Waals surface area (Å²) in [7, 11) is 1.61. The molecule has 1 N–H and O–H groups in total. The van der Waals surface area contributed by atoms with E-state index in [1.54, 1.807) is 19.5 Å². The molecule has 0 radical (unpaired) electrons. The molecule has 108 valence electrons. The van der Waals surface area contributed by atoms with Crippen LogP contribution in [0.1, 0.15) is 19.3 Å². The highest BCUT2D eigenvalue weighted by atomic mass is 16.5. The number of nitrogens with zero attached hydrogens (tertiary/aromatic N) is 1. The molecule has 3 rings (SSSR count). The summed E-state index contributed by atoms with van der Waals surface area (Å²) in [4.78, 5) is 16.3. The normalized spacial score (nSPS) is 14.3. The van der Waals surface area contributed by atoms with Crippen LogP contribution in [0.4, 0.5) is 5.69 Å². The van der Waals surface area contributed by atoms with Crippen LogP contribution in [0.5, 0.6) is 5.75 Å². The average molecular weight is 282 g/mol. The molecule has 4 heteroatoms. The Hall–Kier alpha value is -2.36. The Balaban J connectivity index is 1.88. The molecule has 0 spiro atoms. The van der Waals surface area contributed by atoms with E-state index in [2.05, 4.69) is 10.3 Å². The molecule has 1 amide bonds. The van der Waals surface area contributed by atoms with Crippen molar-refractivity contribution >= 4 is 11.6 Å². The van der Waals surface area contributed by atoms with Crippen LogP contribution >= 0.6 is 0 Å². The van der Waals surface area contributed by atoms with Gasteiger partial charge in [0, 0.05) is 23.9 Å². The lowest BCUT2D eigenvalue weighted by molar-refractivity contribution is -0.122. The summed E-state index contributed by atoms with van der Waals surface area (Å²) in [6, 6.07) is 9.67. The number of carbonyl (C=O) groups excluding carboxylic acids is 1. The maximum Gasteiger partial charge on any atom is 0.227 e. The van der Waals surface area contributed by atoms with Gasteiger partial charge in [0.25, 0.3) is 0 Å². The number of pyridine rings is 1. The predicted octanol–water partition coefficient (Wildman–Crippen LogP) is 3.50. The number of amides is 1. The monoisotopic (exact) mass is 282 g/mol. The molecule has 0 saturated heterocycles. The molecule has 0 bridgehead atoms. The van der Waals surface area contributed by atoms with Crippen molar-refractivity contribution in [3.63, 3.8) is 0 Å². The van der Waals surface area contributed by atoms with Gasteiger partial charge in [0.15, 0.2) is 0 Å². The molecular formula is C17H18N2O2. The van der Waals surface area contributed by atoms with Gasteiger partial charge in [-0.1, -0.05) is 18.6 Å². The van der Waals surface area contributed by atoms with Crippen molar-refractivity contribution in [1.82, 2.24) is 4.98 Å². The quantitative estimate of drug-likeness (QED) is 0.933. The minimum atomic E-state index is 0.0860. The largest absolute Gasteiger partial charge is 0.495 e. The number of benzene rings is 1. The highest BCUT2D eigenvalue weighted by Gasteiger charge is 2.25. The number of hydrogen-bond acceptors (Lipinski definition) is 3. The van der Waals surface area contributed by atoms with E-state index in [0.717, 1.165) is 36.1 Å². The highest BCUT2D eigenvalue weighted by Crippen LogP contribution is 2.33. The Morgan fingerprint density at radius 2 is 2.14 bits per heavy atom. The van der Waals surface area contributed by atoms with Gasteiger partial charge in [-0.15, -0.1) is 0 Å². The number of anilines is 1. The van der Waals surface area contributed by atoms with Gasteiger partial charge in [-0.25, -0.2) is 0 Å². The van der Waals surface area contributed by atoms with Crippen LogP contribution in [-0.2, 0) is 4.79 Å². The standard InChI is InChI=1S/C17H18N2O2/c1-21-16-8-7-13(14-6-3-9-18-11-14)10-15(16)19-17(20)12-4-2-5-12/h3,6-12H,2,4-5H2,1H3,(H,19,20). The van der Waals surface area contributed by atoms with Gasteiger partial charge in [-0.05, 0) is 36.6 Å². The third kappa shape index (κ3) is 2.89. The maximum atomic E-state index is 12.1. The molecule has 0 atom stereocenters. The lowest BCUT2D eigenvalue weighted by Crippen LogP contribution is -2.28. The molecule has 1 fully saturated rings. The van der Waals surface area contributed by atoms with E-state index in [9.17, 15) is 4.79 Å².